The Bertz CT molecular complexity index is 672. The Morgan fingerprint density at radius 2 is 1.89 bits per heavy atom. The second-order valence-electron chi connectivity index (χ2n) is 4.28. The van der Waals surface area contributed by atoms with E-state index in [2.05, 4.69) is 10.3 Å². The van der Waals surface area contributed by atoms with Gasteiger partial charge in [0.2, 0.25) is 0 Å². The number of aromatic nitrogens is 1. The molecule has 19 heavy (non-hydrogen) atoms. The SMILES string of the molecule is Cc1cccc(C)c1NC(=O)c1cc(Cl)c[nH]c1=O. The molecular weight excluding hydrogens is 264 g/mol. The number of halogens is 1. The molecule has 1 heterocycles. The summed E-state index contributed by atoms with van der Waals surface area (Å²) in [6.45, 7) is 3.79. The average molecular weight is 277 g/mol. The summed E-state index contributed by atoms with van der Waals surface area (Å²) < 4.78 is 0. The van der Waals surface area contributed by atoms with Crippen LogP contribution in [0, 0.1) is 13.8 Å². The predicted octanol–water partition coefficient (Wildman–Crippen LogP) is 2.90. The zero-order chi connectivity index (χ0) is 14.0. The molecule has 0 aliphatic carbocycles. The highest BCUT2D eigenvalue weighted by molar-refractivity contribution is 6.30. The van der Waals surface area contributed by atoms with E-state index >= 15 is 0 Å². The summed E-state index contributed by atoms with van der Waals surface area (Å²) in [5.41, 5.74) is 2.12. The van der Waals surface area contributed by atoms with Crippen molar-refractivity contribution in [2.24, 2.45) is 0 Å². The number of anilines is 1. The van der Waals surface area contributed by atoms with Crippen LogP contribution in [-0.2, 0) is 0 Å². The summed E-state index contributed by atoms with van der Waals surface area (Å²) in [7, 11) is 0. The molecule has 0 atom stereocenters. The number of benzene rings is 1. The van der Waals surface area contributed by atoms with Gasteiger partial charge in [0.25, 0.3) is 11.5 Å². The fourth-order valence-electron chi connectivity index (χ4n) is 1.82. The van der Waals surface area contributed by atoms with Crippen LogP contribution >= 0.6 is 11.6 Å². The van der Waals surface area contributed by atoms with Crippen LogP contribution in [0.2, 0.25) is 5.02 Å². The molecule has 5 heteroatoms. The summed E-state index contributed by atoms with van der Waals surface area (Å²) in [5.74, 6) is -0.471. The third-order valence-electron chi connectivity index (χ3n) is 2.83. The lowest BCUT2D eigenvalue weighted by atomic mass is 10.1. The number of pyridine rings is 1. The molecule has 1 aromatic carbocycles. The second kappa shape index (κ2) is 5.28. The van der Waals surface area contributed by atoms with Crippen molar-refractivity contribution in [3.63, 3.8) is 0 Å². The van der Waals surface area contributed by atoms with E-state index in [1.54, 1.807) is 0 Å². The zero-order valence-corrected chi connectivity index (χ0v) is 11.3. The van der Waals surface area contributed by atoms with Gasteiger partial charge in [0.05, 0.1) is 5.02 Å². The summed E-state index contributed by atoms with van der Waals surface area (Å²) in [6, 6.07) is 7.05. The van der Waals surface area contributed by atoms with Crippen molar-refractivity contribution < 1.29 is 4.79 Å². The van der Waals surface area contributed by atoms with Crippen molar-refractivity contribution in [1.29, 1.82) is 0 Å². The lowest BCUT2D eigenvalue weighted by molar-refractivity contribution is 0.102. The molecule has 2 aromatic rings. The Morgan fingerprint density at radius 1 is 1.26 bits per heavy atom. The van der Waals surface area contributed by atoms with Gasteiger partial charge >= 0.3 is 0 Å². The minimum Gasteiger partial charge on any atom is -0.327 e. The van der Waals surface area contributed by atoms with Gasteiger partial charge in [0.1, 0.15) is 5.56 Å². The first-order valence-corrected chi connectivity index (χ1v) is 6.12. The minimum absolute atomic E-state index is 0.00449. The molecule has 4 nitrogen and oxygen atoms in total. The van der Waals surface area contributed by atoms with Crippen LogP contribution in [0.5, 0.6) is 0 Å². The Morgan fingerprint density at radius 3 is 2.53 bits per heavy atom. The third kappa shape index (κ3) is 2.85. The lowest BCUT2D eigenvalue weighted by Gasteiger charge is -2.11. The normalized spacial score (nSPS) is 10.3. The van der Waals surface area contributed by atoms with Gasteiger partial charge in [-0.05, 0) is 31.0 Å². The van der Waals surface area contributed by atoms with Crippen LogP contribution in [0.4, 0.5) is 5.69 Å². The summed E-state index contributed by atoms with van der Waals surface area (Å²) in [5, 5.41) is 3.06. The largest absolute Gasteiger partial charge is 0.327 e. The second-order valence-corrected chi connectivity index (χ2v) is 4.72. The number of aryl methyl sites for hydroxylation is 2. The van der Waals surface area contributed by atoms with Gasteiger partial charge in [-0.3, -0.25) is 9.59 Å². The van der Waals surface area contributed by atoms with Crippen LogP contribution in [0.25, 0.3) is 0 Å². The molecule has 0 bridgehead atoms. The predicted molar refractivity (Wildman–Crippen MR) is 75.9 cm³/mol. The summed E-state index contributed by atoms with van der Waals surface area (Å²) >= 11 is 5.78. The molecule has 0 saturated heterocycles. The first-order chi connectivity index (χ1) is 8.99. The van der Waals surface area contributed by atoms with E-state index in [1.807, 2.05) is 32.0 Å². The van der Waals surface area contributed by atoms with Gasteiger partial charge in [-0.1, -0.05) is 29.8 Å². The number of hydrogen-bond donors (Lipinski definition) is 2. The Labute approximate surface area is 115 Å². The highest BCUT2D eigenvalue weighted by atomic mass is 35.5. The molecule has 1 aromatic heterocycles. The van der Waals surface area contributed by atoms with Crippen molar-refractivity contribution in [3.8, 4) is 0 Å². The van der Waals surface area contributed by atoms with Gasteiger partial charge in [0.15, 0.2) is 0 Å². The number of para-hydroxylation sites is 1. The molecule has 0 radical (unpaired) electrons. The highest BCUT2D eigenvalue weighted by Crippen LogP contribution is 2.20. The van der Waals surface area contributed by atoms with E-state index in [1.165, 1.54) is 12.3 Å². The first kappa shape index (κ1) is 13.4. The first-order valence-electron chi connectivity index (χ1n) is 5.75. The van der Waals surface area contributed by atoms with E-state index in [0.29, 0.717) is 10.7 Å². The third-order valence-corrected chi connectivity index (χ3v) is 3.05. The maximum atomic E-state index is 12.1. The van der Waals surface area contributed by atoms with E-state index < -0.39 is 11.5 Å². The number of amides is 1. The number of carbonyl (C=O) groups excluding carboxylic acids is 1. The highest BCUT2D eigenvalue weighted by Gasteiger charge is 2.13. The number of carbonyl (C=O) groups is 1. The van der Waals surface area contributed by atoms with Gasteiger partial charge in [0, 0.05) is 11.9 Å². The lowest BCUT2D eigenvalue weighted by Crippen LogP contribution is -2.23. The molecule has 0 aliphatic rings. The van der Waals surface area contributed by atoms with Gasteiger partial charge < -0.3 is 10.3 Å². The van der Waals surface area contributed by atoms with Crippen molar-refractivity contribution in [1.82, 2.24) is 4.98 Å². The van der Waals surface area contributed by atoms with Gasteiger partial charge in [-0.25, -0.2) is 0 Å². The van der Waals surface area contributed by atoms with E-state index in [9.17, 15) is 9.59 Å². The molecule has 0 saturated carbocycles. The molecular formula is C14H13ClN2O2. The fraction of sp³-hybridized carbons (Fsp3) is 0.143. The van der Waals surface area contributed by atoms with Crippen LogP contribution in [0.3, 0.4) is 0 Å². The van der Waals surface area contributed by atoms with Gasteiger partial charge in [-0.2, -0.15) is 0 Å². The minimum atomic E-state index is -0.471. The molecule has 0 spiro atoms. The van der Waals surface area contributed by atoms with Crippen molar-refractivity contribution in [2.75, 3.05) is 5.32 Å². The smallest absolute Gasteiger partial charge is 0.261 e. The molecule has 98 valence electrons. The van der Waals surface area contributed by atoms with E-state index in [-0.39, 0.29) is 5.56 Å². The summed E-state index contributed by atoms with van der Waals surface area (Å²) in [4.78, 5) is 26.1. The quantitative estimate of drug-likeness (QED) is 0.886. The van der Waals surface area contributed by atoms with Crippen molar-refractivity contribution in [2.45, 2.75) is 13.8 Å². The Kier molecular flexibility index (Phi) is 3.71. The standard InChI is InChI=1S/C14H13ClN2O2/c1-8-4-3-5-9(2)12(8)17-14(19)11-6-10(15)7-16-13(11)18/h3-7H,1-2H3,(H,16,18)(H,17,19). The maximum absolute atomic E-state index is 12.1. The molecule has 0 unspecified atom stereocenters. The number of H-pyrrole nitrogens is 1. The number of aromatic amines is 1. The van der Waals surface area contributed by atoms with Crippen LogP contribution in [-0.4, -0.2) is 10.9 Å². The maximum Gasteiger partial charge on any atom is 0.261 e. The monoisotopic (exact) mass is 276 g/mol. The van der Waals surface area contributed by atoms with Crippen molar-refractivity contribution >= 4 is 23.2 Å². The van der Waals surface area contributed by atoms with Crippen LogP contribution in [0.15, 0.2) is 35.3 Å². The number of rotatable bonds is 2. The molecule has 0 fully saturated rings. The zero-order valence-electron chi connectivity index (χ0n) is 10.6. The Balaban J connectivity index is 2.36. The number of nitrogens with one attached hydrogen (secondary N) is 2. The van der Waals surface area contributed by atoms with Crippen LogP contribution < -0.4 is 10.9 Å². The Hall–Kier alpha value is -2.07. The molecule has 2 rings (SSSR count). The molecule has 2 N–H and O–H groups in total. The molecule has 1 amide bonds. The fourth-order valence-corrected chi connectivity index (χ4v) is 1.98. The summed E-state index contributed by atoms with van der Waals surface area (Å²) in [6.07, 6.45) is 1.35. The van der Waals surface area contributed by atoms with Gasteiger partial charge in [-0.15, -0.1) is 0 Å². The molecule has 0 aliphatic heterocycles. The van der Waals surface area contributed by atoms with E-state index in [0.717, 1.165) is 11.1 Å². The van der Waals surface area contributed by atoms with E-state index in [4.69, 9.17) is 11.6 Å². The average Bonchev–Trinajstić information content (AvgIpc) is 2.37. The topological polar surface area (TPSA) is 62.0 Å². The van der Waals surface area contributed by atoms with Crippen molar-refractivity contribution in [3.05, 3.63) is 62.5 Å². The van der Waals surface area contributed by atoms with Crippen LogP contribution in [0.1, 0.15) is 21.5 Å². The number of hydrogen-bond acceptors (Lipinski definition) is 2.